The summed E-state index contributed by atoms with van der Waals surface area (Å²) in [4.78, 5) is 14.6. The summed E-state index contributed by atoms with van der Waals surface area (Å²) < 4.78 is 5.21. The maximum absolute atomic E-state index is 12.8. The number of ether oxygens (including phenoxy) is 1. The molecule has 1 aliphatic heterocycles. The minimum absolute atomic E-state index is 0.0279. The van der Waals surface area contributed by atoms with Crippen molar-refractivity contribution in [2.24, 2.45) is 0 Å². The Morgan fingerprint density at radius 3 is 2.79 bits per heavy atom. The Morgan fingerprint density at radius 2 is 2.00 bits per heavy atom. The smallest absolute Gasteiger partial charge is 0.251 e. The number of fused-ring (bicyclic) bond motifs is 1. The average Bonchev–Trinajstić information content (AvgIpc) is 2.58. The number of hydrogen-bond donors (Lipinski definition) is 1. The summed E-state index contributed by atoms with van der Waals surface area (Å²) in [6.45, 7) is 4.80. The van der Waals surface area contributed by atoms with Crippen molar-refractivity contribution in [3.8, 4) is 5.75 Å². The molecule has 0 spiro atoms. The van der Waals surface area contributed by atoms with Gasteiger partial charge in [0.25, 0.3) is 5.91 Å². The number of anilines is 2. The van der Waals surface area contributed by atoms with Gasteiger partial charge in [0.1, 0.15) is 5.75 Å². The molecule has 1 N–H and O–H groups in total. The third-order valence-corrected chi connectivity index (χ3v) is 4.00. The van der Waals surface area contributed by atoms with E-state index in [1.807, 2.05) is 59.5 Å². The number of carbonyl (C=O) groups is 1. The van der Waals surface area contributed by atoms with Crippen LogP contribution in [0.15, 0.2) is 54.6 Å². The highest BCUT2D eigenvalue weighted by molar-refractivity contribution is 6.06. The molecule has 24 heavy (non-hydrogen) atoms. The maximum Gasteiger partial charge on any atom is 0.251 e. The molecule has 1 amide bonds. The molecule has 0 fully saturated rings. The van der Waals surface area contributed by atoms with Crippen LogP contribution in [0.5, 0.6) is 5.75 Å². The average molecular weight is 322 g/mol. The second-order valence-electron chi connectivity index (χ2n) is 6.56. The van der Waals surface area contributed by atoms with Crippen molar-refractivity contribution < 1.29 is 9.53 Å². The van der Waals surface area contributed by atoms with Crippen LogP contribution in [0.4, 0.5) is 11.4 Å². The van der Waals surface area contributed by atoms with E-state index < -0.39 is 0 Å². The Kier molecular flexibility index (Phi) is 4.30. The van der Waals surface area contributed by atoms with E-state index in [1.165, 1.54) is 0 Å². The zero-order valence-corrected chi connectivity index (χ0v) is 14.2. The molecule has 0 saturated carbocycles. The Bertz CT molecular complexity index is 781. The van der Waals surface area contributed by atoms with Crippen LogP contribution < -0.4 is 15.0 Å². The monoisotopic (exact) mass is 322 g/mol. The molecule has 2 aromatic carbocycles. The van der Waals surface area contributed by atoms with Crippen LogP contribution in [-0.2, 0) is 4.79 Å². The predicted molar refractivity (Wildman–Crippen MR) is 98.5 cm³/mol. The van der Waals surface area contributed by atoms with E-state index in [0.29, 0.717) is 6.54 Å². The van der Waals surface area contributed by atoms with Crippen molar-refractivity contribution >= 4 is 23.4 Å². The van der Waals surface area contributed by atoms with Crippen molar-refractivity contribution in [2.45, 2.75) is 19.4 Å². The Balaban J connectivity index is 1.85. The first-order valence-corrected chi connectivity index (χ1v) is 7.99. The quantitative estimate of drug-likeness (QED) is 0.870. The standard InChI is InChI=1S/C20H22N2O2/c1-20(2)14-22(18-10-5-4-9-17(18)21-20)19(23)12-11-15-7-6-8-16(13-15)24-3/h4-13,21H,14H2,1-3H3/b12-11+. The minimum atomic E-state index is -0.173. The van der Waals surface area contributed by atoms with E-state index in [4.69, 9.17) is 4.74 Å². The van der Waals surface area contributed by atoms with E-state index in [9.17, 15) is 4.79 Å². The van der Waals surface area contributed by atoms with Gasteiger partial charge in [0, 0.05) is 18.2 Å². The number of para-hydroxylation sites is 2. The third-order valence-electron chi connectivity index (χ3n) is 4.00. The number of benzene rings is 2. The van der Waals surface area contributed by atoms with Crippen LogP contribution in [0.1, 0.15) is 19.4 Å². The number of rotatable bonds is 3. The van der Waals surface area contributed by atoms with Crippen LogP contribution >= 0.6 is 0 Å². The molecule has 0 radical (unpaired) electrons. The molecule has 0 aromatic heterocycles. The molecule has 0 saturated heterocycles. The molecule has 124 valence electrons. The van der Waals surface area contributed by atoms with Crippen LogP contribution in [0, 0.1) is 0 Å². The lowest BCUT2D eigenvalue weighted by atomic mass is 9.99. The lowest BCUT2D eigenvalue weighted by molar-refractivity contribution is -0.114. The fraction of sp³-hybridized carbons (Fsp3) is 0.250. The normalized spacial score (nSPS) is 15.7. The summed E-state index contributed by atoms with van der Waals surface area (Å²) in [6.07, 6.45) is 3.44. The summed E-state index contributed by atoms with van der Waals surface area (Å²) in [5.41, 5.74) is 2.66. The van der Waals surface area contributed by atoms with Crippen molar-refractivity contribution in [2.75, 3.05) is 23.9 Å². The van der Waals surface area contributed by atoms with Gasteiger partial charge in [-0.15, -0.1) is 0 Å². The predicted octanol–water partition coefficient (Wildman–Crippen LogP) is 3.95. The summed E-state index contributed by atoms with van der Waals surface area (Å²) in [6, 6.07) is 15.5. The SMILES string of the molecule is COc1cccc(/C=C/C(=O)N2CC(C)(C)Nc3ccccc32)c1. The van der Waals surface area contributed by atoms with E-state index in [1.54, 1.807) is 13.2 Å². The van der Waals surface area contributed by atoms with Gasteiger partial charge < -0.3 is 15.0 Å². The van der Waals surface area contributed by atoms with Gasteiger partial charge in [-0.1, -0.05) is 24.3 Å². The largest absolute Gasteiger partial charge is 0.497 e. The van der Waals surface area contributed by atoms with E-state index >= 15 is 0 Å². The number of nitrogens with zero attached hydrogens (tertiary/aromatic N) is 1. The second-order valence-corrected chi connectivity index (χ2v) is 6.56. The van der Waals surface area contributed by atoms with Crippen molar-refractivity contribution in [1.82, 2.24) is 0 Å². The van der Waals surface area contributed by atoms with E-state index in [-0.39, 0.29) is 11.4 Å². The van der Waals surface area contributed by atoms with Crippen LogP contribution in [0.3, 0.4) is 0 Å². The first-order valence-electron chi connectivity index (χ1n) is 7.99. The molecular weight excluding hydrogens is 300 g/mol. The lowest BCUT2D eigenvalue weighted by Gasteiger charge is -2.40. The van der Waals surface area contributed by atoms with Gasteiger partial charge in [-0.3, -0.25) is 4.79 Å². The number of methoxy groups -OCH3 is 1. The van der Waals surface area contributed by atoms with Gasteiger partial charge in [-0.05, 0) is 49.8 Å². The number of nitrogens with one attached hydrogen (secondary N) is 1. The molecule has 2 aromatic rings. The summed E-state index contributed by atoms with van der Waals surface area (Å²) in [7, 11) is 1.63. The summed E-state index contributed by atoms with van der Waals surface area (Å²) in [5.74, 6) is 0.748. The summed E-state index contributed by atoms with van der Waals surface area (Å²) in [5, 5.41) is 3.48. The van der Waals surface area contributed by atoms with E-state index in [0.717, 1.165) is 22.7 Å². The Morgan fingerprint density at radius 1 is 1.21 bits per heavy atom. The van der Waals surface area contributed by atoms with Gasteiger partial charge in [-0.2, -0.15) is 0 Å². The minimum Gasteiger partial charge on any atom is -0.497 e. The molecular formula is C20H22N2O2. The lowest BCUT2D eigenvalue weighted by Crippen LogP contribution is -2.50. The molecule has 3 rings (SSSR count). The van der Waals surface area contributed by atoms with Gasteiger partial charge in [0.05, 0.1) is 18.5 Å². The molecule has 0 unspecified atom stereocenters. The second kappa shape index (κ2) is 6.40. The Labute approximate surface area is 142 Å². The van der Waals surface area contributed by atoms with Crippen molar-refractivity contribution in [3.63, 3.8) is 0 Å². The first-order chi connectivity index (χ1) is 11.5. The van der Waals surface area contributed by atoms with Gasteiger partial charge in [0.15, 0.2) is 0 Å². The third kappa shape index (κ3) is 3.43. The van der Waals surface area contributed by atoms with E-state index in [2.05, 4.69) is 19.2 Å². The van der Waals surface area contributed by atoms with Crippen LogP contribution in [0.2, 0.25) is 0 Å². The molecule has 4 nitrogen and oxygen atoms in total. The van der Waals surface area contributed by atoms with Crippen LogP contribution in [-0.4, -0.2) is 25.1 Å². The van der Waals surface area contributed by atoms with Gasteiger partial charge >= 0.3 is 0 Å². The molecule has 0 atom stereocenters. The van der Waals surface area contributed by atoms with Crippen molar-refractivity contribution in [1.29, 1.82) is 0 Å². The highest BCUT2D eigenvalue weighted by Gasteiger charge is 2.31. The number of amides is 1. The van der Waals surface area contributed by atoms with Crippen molar-refractivity contribution in [3.05, 3.63) is 60.2 Å². The topological polar surface area (TPSA) is 41.6 Å². The fourth-order valence-electron chi connectivity index (χ4n) is 2.90. The highest BCUT2D eigenvalue weighted by atomic mass is 16.5. The first kappa shape index (κ1) is 16.1. The van der Waals surface area contributed by atoms with Crippen LogP contribution in [0.25, 0.3) is 6.08 Å². The highest BCUT2D eigenvalue weighted by Crippen LogP contribution is 2.34. The van der Waals surface area contributed by atoms with Gasteiger partial charge in [-0.25, -0.2) is 0 Å². The molecule has 0 aliphatic carbocycles. The Hall–Kier alpha value is -2.75. The molecule has 1 aliphatic rings. The molecule has 0 bridgehead atoms. The fourth-order valence-corrected chi connectivity index (χ4v) is 2.90. The van der Waals surface area contributed by atoms with Gasteiger partial charge in [0.2, 0.25) is 0 Å². The number of hydrogen-bond acceptors (Lipinski definition) is 3. The summed E-state index contributed by atoms with van der Waals surface area (Å²) >= 11 is 0. The zero-order chi connectivity index (χ0) is 17.2. The zero-order valence-electron chi connectivity index (χ0n) is 14.2. The molecule has 4 heteroatoms. The molecule has 1 heterocycles. The number of carbonyl (C=O) groups excluding carboxylic acids is 1. The maximum atomic E-state index is 12.8.